The summed E-state index contributed by atoms with van der Waals surface area (Å²) in [4.78, 5) is 16.8. The lowest BCUT2D eigenvalue weighted by atomic mass is 10.0. The summed E-state index contributed by atoms with van der Waals surface area (Å²) in [6, 6.07) is 8.23. The first-order valence-electron chi connectivity index (χ1n) is 9.08. The van der Waals surface area contributed by atoms with Crippen molar-refractivity contribution in [2.75, 3.05) is 53.4 Å². The number of ether oxygens (including phenoxy) is 1. The Labute approximate surface area is 151 Å². The normalized spacial score (nSPS) is 17.3. The molecule has 2 N–H and O–H groups in total. The predicted octanol–water partition coefficient (Wildman–Crippen LogP) is 1.94. The third kappa shape index (κ3) is 6.21. The minimum absolute atomic E-state index is 0.0960. The van der Waals surface area contributed by atoms with Crippen LogP contribution in [-0.2, 0) is 0 Å². The predicted molar refractivity (Wildman–Crippen MR) is 101 cm³/mol. The van der Waals surface area contributed by atoms with E-state index in [1.165, 1.54) is 5.56 Å². The van der Waals surface area contributed by atoms with Crippen molar-refractivity contribution in [1.29, 1.82) is 0 Å². The van der Waals surface area contributed by atoms with Gasteiger partial charge < -0.3 is 20.3 Å². The molecule has 1 heterocycles. The van der Waals surface area contributed by atoms with E-state index in [2.05, 4.69) is 53.5 Å². The highest BCUT2D eigenvalue weighted by Crippen LogP contribution is 2.23. The Balaban J connectivity index is 2.02. The van der Waals surface area contributed by atoms with Gasteiger partial charge in [0.15, 0.2) is 0 Å². The number of carbonyl (C=O) groups is 1. The summed E-state index contributed by atoms with van der Waals surface area (Å²) >= 11 is 0. The Hall–Kier alpha value is -1.79. The summed E-state index contributed by atoms with van der Waals surface area (Å²) < 4.78 is 5.26. The molecule has 1 saturated heterocycles. The molecule has 6 heteroatoms. The van der Waals surface area contributed by atoms with Gasteiger partial charge >= 0.3 is 6.03 Å². The van der Waals surface area contributed by atoms with Crippen molar-refractivity contribution in [3.05, 3.63) is 29.8 Å². The molecule has 1 aliphatic heterocycles. The van der Waals surface area contributed by atoms with Crippen LogP contribution in [0.1, 0.15) is 25.5 Å². The second-order valence-corrected chi connectivity index (χ2v) is 7.11. The van der Waals surface area contributed by atoms with Crippen LogP contribution >= 0.6 is 0 Å². The molecule has 2 amide bonds. The summed E-state index contributed by atoms with van der Waals surface area (Å²) in [6.07, 6.45) is 0. The van der Waals surface area contributed by atoms with E-state index in [-0.39, 0.29) is 12.1 Å². The smallest absolute Gasteiger partial charge is 0.314 e. The van der Waals surface area contributed by atoms with Crippen LogP contribution in [0, 0.1) is 5.92 Å². The number of benzene rings is 1. The SMILES string of the molecule is COc1ccc(C(CNC(=O)NCC(C)C)N2CCN(C)CC2)cc1. The zero-order chi connectivity index (χ0) is 18.2. The maximum absolute atomic E-state index is 12.0. The fraction of sp³-hybridized carbons (Fsp3) is 0.632. The van der Waals surface area contributed by atoms with Crippen molar-refractivity contribution >= 4 is 6.03 Å². The van der Waals surface area contributed by atoms with E-state index < -0.39 is 0 Å². The van der Waals surface area contributed by atoms with Crippen LogP contribution in [0.4, 0.5) is 4.79 Å². The largest absolute Gasteiger partial charge is 0.497 e. The molecule has 1 unspecified atom stereocenters. The quantitative estimate of drug-likeness (QED) is 0.791. The van der Waals surface area contributed by atoms with E-state index >= 15 is 0 Å². The molecule has 140 valence electrons. The highest BCUT2D eigenvalue weighted by molar-refractivity contribution is 5.73. The Morgan fingerprint density at radius 2 is 1.68 bits per heavy atom. The molecule has 1 atom stereocenters. The van der Waals surface area contributed by atoms with E-state index in [0.29, 0.717) is 19.0 Å². The van der Waals surface area contributed by atoms with Crippen molar-refractivity contribution < 1.29 is 9.53 Å². The number of rotatable bonds is 7. The van der Waals surface area contributed by atoms with Gasteiger partial charge in [-0.1, -0.05) is 26.0 Å². The number of nitrogens with zero attached hydrogens (tertiary/aromatic N) is 2. The maximum Gasteiger partial charge on any atom is 0.314 e. The highest BCUT2D eigenvalue weighted by Gasteiger charge is 2.24. The van der Waals surface area contributed by atoms with Gasteiger partial charge in [0.25, 0.3) is 0 Å². The molecule has 0 aliphatic carbocycles. The van der Waals surface area contributed by atoms with Gasteiger partial charge in [0, 0.05) is 39.3 Å². The fourth-order valence-corrected chi connectivity index (χ4v) is 2.97. The number of methoxy groups -OCH3 is 1. The topological polar surface area (TPSA) is 56.8 Å². The van der Waals surface area contributed by atoms with Crippen LogP contribution in [0.3, 0.4) is 0 Å². The molecule has 1 fully saturated rings. The lowest BCUT2D eigenvalue weighted by Gasteiger charge is -2.38. The van der Waals surface area contributed by atoms with E-state index in [0.717, 1.165) is 31.9 Å². The zero-order valence-corrected chi connectivity index (χ0v) is 15.9. The number of urea groups is 1. The second-order valence-electron chi connectivity index (χ2n) is 7.11. The Morgan fingerprint density at radius 3 is 2.24 bits per heavy atom. The molecule has 0 aromatic heterocycles. The van der Waals surface area contributed by atoms with Crippen LogP contribution in [0.25, 0.3) is 0 Å². The van der Waals surface area contributed by atoms with Crippen LogP contribution in [0.2, 0.25) is 0 Å². The summed E-state index contributed by atoms with van der Waals surface area (Å²) in [7, 11) is 3.82. The maximum atomic E-state index is 12.0. The van der Waals surface area contributed by atoms with Gasteiger partial charge in [-0.05, 0) is 30.7 Å². The Morgan fingerprint density at radius 1 is 1.08 bits per heavy atom. The van der Waals surface area contributed by atoms with Crippen molar-refractivity contribution in [2.45, 2.75) is 19.9 Å². The fourth-order valence-electron chi connectivity index (χ4n) is 2.97. The molecule has 25 heavy (non-hydrogen) atoms. The molecule has 1 aliphatic rings. The summed E-state index contributed by atoms with van der Waals surface area (Å²) in [6.45, 7) is 9.56. The Bertz CT molecular complexity index is 525. The summed E-state index contributed by atoms with van der Waals surface area (Å²) in [5.74, 6) is 1.30. The molecule has 1 aromatic carbocycles. The zero-order valence-electron chi connectivity index (χ0n) is 15.9. The minimum atomic E-state index is -0.0960. The van der Waals surface area contributed by atoms with E-state index in [1.54, 1.807) is 7.11 Å². The number of carbonyl (C=O) groups excluding carboxylic acids is 1. The number of amides is 2. The van der Waals surface area contributed by atoms with Crippen LogP contribution < -0.4 is 15.4 Å². The van der Waals surface area contributed by atoms with Gasteiger partial charge in [0.1, 0.15) is 5.75 Å². The van der Waals surface area contributed by atoms with Crippen molar-refractivity contribution in [1.82, 2.24) is 20.4 Å². The van der Waals surface area contributed by atoms with Gasteiger partial charge in [0.05, 0.1) is 13.2 Å². The monoisotopic (exact) mass is 348 g/mol. The lowest BCUT2D eigenvalue weighted by Crippen LogP contribution is -2.49. The molecule has 0 spiro atoms. The molecular weight excluding hydrogens is 316 g/mol. The van der Waals surface area contributed by atoms with E-state index in [1.807, 2.05) is 12.1 Å². The number of hydrogen-bond acceptors (Lipinski definition) is 4. The third-order valence-electron chi connectivity index (χ3n) is 4.61. The Kier molecular flexibility index (Phi) is 7.52. The standard InChI is InChI=1S/C19H32N4O2/c1-15(2)13-20-19(24)21-14-18(23-11-9-22(3)10-12-23)16-5-7-17(25-4)8-6-16/h5-8,15,18H,9-14H2,1-4H3,(H2,20,21,24). The molecule has 0 bridgehead atoms. The van der Waals surface area contributed by atoms with Gasteiger partial charge in [-0.3, -0.25) is 4.90 Å². The van der Waals surface area contributed by atoms with Crippen LogP contribution in [0.5, 0.6) is 5.75 Å². The first-order chi connectivity index (χ1) is 12.0. The van der Waals surface area contributed by atoms with Gasteiger partial charge in [-0.15, -0.1) is 0 Å². The average molecular weight is 348 g/mol. The van der Waals surface area contributed by atoms with Crippen molar-refractivity contribution in [3.8, 4) is 5.75 Å². The van der Waals surface area contributed by atoms with Gasteiger partial charge in [-0.25, -0.2) is 4.79 Å². The molecule has 1 aromatic rings. The van der Waals surface area contributed by atoms with Crippen molar-refractivity contribution in [3.63, 3.8) is 0 Å². The molecule has 6 nitrogen and oxygen atoms in total. The van der Waals surface area contributed by atoms with Crippen LogP contribution in [-0.4, -0.2) is 69.3 Å². The minimum Gasteiger partial charge on any atom is -0.497 e. The molecule has 0 saturated carbocycles. The first-order valence-corrected chi connectivity index (χ1v) is 9.08. The first kappa shape index (κ1) is 19.5. The van der Waals surface area contributed by atoms with Gasteiger partial charge in [0.2, 0.25) is 0 Å². The lowest BCUT2D eigenvalue weighted by molar-refractivity contribution is 0.111. The number of hydrogen-bond donors (Lipinski definition) is 2. The van der Waals surface area contributed by atoms with E-state index in [9.17, 15) is 4.79 Å². The number of piperazine rings is 1. The van der Waals surface area contributed by atoms with E-state index in [4.69, 9.17) is 4.74 Å². The van der Waals surface area contributed by atoms with Gasteiger partial charge in [-0.2, -0.15) is 0 Å². The van der Waals surface area contributed by atoms with Crippen molar-refractivity contribution in [2.24, 2.45) is 5.92 Å². The highest BCUT2D eigenvalue weighted by atomic mass is 16.5. The molecular formula is C19H32N4O2. The second kappa shape index (κ2) is 9.63. The third-order valence-corrected chi connectivity index (χ3v) is 4.61. The average Bonchev–Trinajstić information content (AvgIpc) is 2.62. The summed E-state index contributed by atoms with van der Waals surface area (Å²) in [5, 5.41) is 5.96. The number of likely N-dealkylation sites (N-methyl/N-ethyl adjacent to an activating group) is 1. The molecule has 2 rings (SSSR count). The van der Waals surface area contributed by atoms with Crippen LogP contribution in [0.15, 0.2) is 24.3 Å². The molecule has 0 radical (unpaired) electrons. The summed E-state index contributed by atoms with van der Waals surface area (Å²) in [5.41, 5.74) is 1.20. The number of nitrogens with one attached hydrogen (secondary N) is 2.